The number of hydrogen-bond donors (Lipinski definition) is 2. The van der Waals surface area contributed by atoms with Gasteiger partial charge in [-0.15, -0.1) is 0 Å². The number of likely N-dealkylation sites (tertiary alicyclic amines) is 1. The Kier molecular flexibility index (Phi) is 3.78. The maximum absolute atomic E-state index is 6.01. The minimum absolute atomic E-state index is 0.788. The van der Waals surface area contributed by atoms with Gasteiger partial charge < -0.3 is 10.3 Å². The Balaban J connectivity index is 1.72. The third-order valence-corrected chi connectivity index (χ3v) is 4.22. The first-order valence-electron chi connectivity index (χ1n) is 6.88. The highest BCUT2D eigenvalue weighted by Crippen LogP contribution is 2.25. The second-order valence-corrected chi connectivity index (χ2v) is 5.89. The number of aromatic nitrogens is 1. The standard InChI is InChI=1S/C15H20ClN3/c1-17-7-11-4-5-19(9-11)10-12-8-18-15-6-13(16)2-3-14(12)15/h2-3,6,8,11,17-18H,4-5,7,9-10H2,1H3. The molecule has 0 bridgehead atoms. The van der Waals surface area contributed by atoms with Gasteiger partial charge in [-0.2, -0.15) is 0 Å². The highest BCUT2D eigenvalue weighted by molar-refractivity contribution is 6.31. The van der Waals surface area contributed by atoms with E-state index in [-0.39, 0.29) is 0 Å². The van der Waals surface area contributed by atoms with E-state index in [1.54, 1.807) is 0 Å². The predicted octanol–water partition coefficient (Wildman–Crippen LogP) is 2.86. The van der Waals surface area contributed by atoms with Crippen LogP contribution in [0.2, 0.25) is 5.02 Å². The SMILES string of the molecule is CNCC1CCN(Cc2c[nH]c3cc(Cl)ccc23)C1. The summed E-state index contributed by atoms with van der Waals surface area (Å²) in [6.07, 6.45) is 3.42. The minimum atomic E-state index is 0.788. The van der Waals surface area contributed by atoms with Crippen molar-refractivity contribution < 1.29 is 0 Å². The van der Waals surface area contributed by atoms with Crippen LogP contribution in [0, 0.1) is 5.92 Å². The molecule has 0 radical (unpaired) electrons. The van der Waals surface area contributed by atoms with Crippen LogP contribution < -0.4 is 5.32 Å². The number of hydrogen-bond acceptors (Lipinski definition) is 2. The van der Waals surface area contributed by atoms with E-state index in [1.165, 1.54) is 30.5 Å². The van der Waals surface area contributed by atoms with Gasteiger partial charge in [0, 0.05) is 35.2 Å². The molecule has 3 nitrogen and oxygen atoms in total. The van der Waals surface area contributed by atoms with Crippen LogP contribution in [0.3, 0.4) is 0 Å². The summed E-state index contributed by atoms with van der Waals surface area (Å²) in [7, 11) is 2.03. The monoisotopic (exact) mass is 277 g/mol. The molecule has 19 heavy (non-hydrogen) atoms. The van der Waals surface area contributed by atoms with Gasteiger partial charge in [0.25, 0.3) is 0 Å². The van der Waals surface area contributed by atoms with E-state index in [1.807, 2.05) is 19.2 Å². The van der Waals surface area contributed by atoms with Crippen LogP contribution in [0.15, 0.2) is 24.4 Å². The van der Waals surface area contributed by atoms with Gasteiger partial charge in [0.1, 0.15) is 0 Å². The van der Waals surface area contributed by atoms with Crippen LogP contribution in [0.5, 0.6) is 0 Å². The van der Waals surface area contributed by atoms with Crippen molar-refractivity contribution in [3.05, 3.63) is 35.0 Å². The Bertz CT molecular complexity index is 564. The Morgan fingerprint density at radius 3 is 3.21 bits per heavy atom. The van der Waals surface area contributed by atoms with Crippen molar-refractivity contribution in [2.45, 2.75) is 13.0 Å². The van der Waals surface area contributed by atoms with Gasteiger partial charge >= 0.3 is 0 Å². The van der Waals surface area contributed by atoms with Gasteiger partial charge in [-0.1, -0.05) is 17.7 Å². The molecule has 1 aromatic carbocycles. The van der Waals surface area contributed by atoms with Gasteiger partial charge in [0.15, 0.2) is 0 Å². The highest BCUT2D eigenvalue weighted by Gasteiger charge is 2.22. The second kappa shape index (κ2) is 5.53. The summed E-state index contributed by atoms with van der Waals surface area (Å²) in [5.41, 5.74) is 2.50. The molecule has 1 aromatic heterocycles. The van der Waals surface area contributed by atoms with Crippen LogP contribution in [-0.4, -0.2) is 36.6 Å². The molecule has 0 saturated carbocycles. The molecule has 1 unspecified atom stereocenters. The smallest absolute Gasteiger partial charge is 0.0472 e. The lowest BCUT2D eigenvalue weighted by Gasteiger charge is -2.15. The van der Waals surface area contributed by atoms with Gasteiger partial charge in [0.2, 0.25) is 0 Å². The topological polar surface area (TPSA) is 31.1 Å². The summed E-state index contributed by atoms with van der Waals surface area (Å²) in [5.74, 6) is 0.796. The average molecular weight is 278 g/mol. The van der Waals surface area contributed by atoms with Crippen molar-refractivity contribution in [3.63, 3.8) is 0 Å². The number of halogens is 1. The number of rotatable bonds is 4. The van der Waals surface area contributed by atoms with Crippen molar-refractivity contribution in [1.29, 1.82) is 0 Å². The van der Waals surface area contributed by atoms with Crippen LogP contribution in [0.25, 0.3) is 10.9 Å². The van der Waals surface area contributed by atoms with E-state index in [0.717, 1.165) is 29.5 Å². The largest absolute Gasteiger partial charge is 0.361 e. The first-order valence-corrected chi connectivity index (χ1v) is 7.26. The van der Waals surface area contributed by atoms with Gasteiger partial charge in [-0.05, 0) is 50.2 Å². The van der Waals surface area contributed by atoms with E-state index in [9.17, 15) is 0 Å². The average Bonchev–Trinajstić information content (AvgIpc) is 2.98. The zero-order chi connectivity index (χ0) is 13.2. The van der Waals surface area contributed by atoms with E-state index < -0.39 is 0 Å². The number of aromatic amines is 1. The van der Waals surface area contributed by atoms with E-state index in [0.29, 0.717) is 0 Å². The molecule has 2 heterocycles. The second-order valence-electron chi connectivity index (χ2n) is 5.45. The fourth-order valence-corrected chi connectivity index (χ4v) is 3.21. The van der Waals surface area contributed by atoms with Crippen LogP contribution in [0.4, 0.5) is 0 Å². The van der Waals surface area contributed by atoms with Crippen LogP contribution >= 0.6 is 11.6 Å². The number of nitrogens with zero attached hydrogens (tertiary/aromatic N) is 1. The highest BCUT2D eigenvalue weighted by atomic mass is 35.5. The predicted molar refractivity (Wildman–Crippen MR) is 80.6 cm³/mol. The van der Waals surface area contributed by atoms with Crippen molar-refractivity contribution in [1.82, 2.24) is 15.2 Å². The Morgan fingerprint density at radius 1 is 1.47 bits per heavy atom. The van der Waals surface area contributed by atoms with Crippen molar-refractivity contribution in [2.75, 3.05) is 26.7 Å². The molecule has 3 rings (SSSR count). The first-order chi connectivity index (χ1) is 9.26. The van der Waals surface area contributed by atoms with Crippen molar-refractivity contribution in [3.8, 4) is 0 Å². The Morgan fingerprint density at radius 2 is 2.37 bits per heavy atom. The normalized spacial score (nSPS) is 20.4. The zero-order valence-corrected chi connectivity index (χ0v) is 12.0. The third kappa shape index (κ3) is 2.78. The molecule has 2 aromatic rings. The number of fused-ring (bicyclic) bond motifs is 1. The fourth-order valence-electron chi connectivity index (χ4n) is 3.04. The molecule has 1 saturated heterocycles. The maximum Gasteiger partial charge on any atom is 0.0472 e. The lowest BCUT2D eigenvalue weighted by Crippen LogP contribution is -2.24. The molecular formula is C15H20ClN3. The Hall–Kier alpha value is -1.03. The zero-order valence-electron chi connectivity index (χ0n) is 11.2. The minimum Gasteiger partial charge on any atom is -0.361 e. The number of nitrogens with one attached hydrogen (secondary N) is 2. The van der Waals surface area contributed by atoms with Gasteiger partial charge in [-0.3, -0.25) is 4.90 Å². The molecule has 0 amide bonds. The summed E-state index contributed by atoms with van der Waals surface area (Å²) in [6.45, 7) is 4.55. The molecule has 1 fully saturated rings. The number of H-pyrrole nitrogens is 1. The van der Waals surface area contributed by atoms with Crippen molar-refractivity contribution >= 4 is 22.5 Å². The Labute approximate surface area is 118 Å². The van der Waals surface area contributed by atoms with E-state index >= 15 is 0 Å². The molecule has 102 valence electrons. The van der Waals surface area contributed by atoms with E-state index in [2.05, 4.69) is 27.5 Å². The fraction of sp³-hybridized carbons (Fsp3) is 0.467. The third-order valence-electron chi connectivity index (χ3n) is 3.99. The maximum atomic E-state index is 6.01. The molecule has 0 spiro atoms. The summed E-state index contributed by atoms with van der Waals surface area (Å²) in [6, 6.07) is 6.08. The molecule has 1 aliphatic rings. The molecule has 0 aliphatic carbocycles. The van der Waals surface area contributed by atoms with Gasteiger partial charge in [0.05, 0.1) is 0 Å². The lowest BCUT2D eigenvalue weighted by molar-refractivity contribution is 0.316. The molecule has 2 N–H and O–H groups in total. The first kappa shape index (κ1) is 13.0. The lowest BCUT2D eigenvalue weighted by atomic mass is 10.1. The molecular weight excluding hydrogens is 258 g/mol. The molecule has 1 aliphatic heterocycles. The summed E-state index contributed by atoms with van der Waals surface area (Å²) < 4.78 is 0. The van der Waals surface area contributed by atoms with Crippen molar-refractivity contribution in [2.24, 2.45) is 5.92 Å². The molecule has 4 heteroatoms. The van der Waals surface area contributed by atoms with Crippen LogP contribution in [0.1, 0.15) is 12.0 Å². The summed E-state index contributed by atoms with van der Waals surface area (Å²) >= 11 is 6.01. The molecule has 1 atom stereocenters. The quantitative estimate of drug-likeness (QED) is 0.900. The van der Waals surface area contributed by atoms with Gasteiger partial charge in [-0.25, -0.2) is 0 Å². The van der Waals surface area contributed by atoms with E-state index in [4.69, 9.17) is 11.6 Å². The van der Waals surface area contributed by atoms with Crippen LogP contribution in [-0.2, 0) is 6.54 Å². The summed E-state index contributed by atoms with van der Waals surface area (Å²) in [5, 5.41) is 5.36. The number of benzene rings is 1. The summed E-state index contributed by atoms with van der Waals surface area (Å²) in [4.78, 5) is 5.86.